The molecule has 3 aliphatic heterocycles. The van der Waals surface area contributed by atoms with Crippen molar-refractivity contribution in [1.82, 2.24) is 14.8 Å². The quantitative estimate of drug-likeness (QED) is 0.292. The fraction of sp³-hybridized carbons (Fsp3) is 0.353. The molecule has 0 radical (unpaired) electrons. The van der Waals surface area contributed by atoms with Gasteiger partial charge < -0.3 is 24.6 Å². The van der Waals surface area contributed by atoms with Crippen molar-refractivity contribution in [2.75, 3.05) is 44.8 Å². The number of nitrogens with zero attached hydrogens (tertiary/aromatic N) is 3. The molecule has 0 spiro atoms. The highest BCUT2D eigenvalue weighted by molar-refractivity contribution is 6.08. The zero-order valence-corrected chi connectivity index (χ0v) is 23.4. The number of fused-ring (bicyclic) bond motifs is 2. The SMILES string of the molecule is O=C(c1cc(NCCc2ccccc2)nc2ccc(-c3ccc4c(c3)OCO4)cc12)N1CCC[C@H]1CN1CCCC1. The van der Waals surface area contributed by atoms with Crippen molar-refractivity contribution in [2.24, 2.45) is 0 Å². The Balaban J connectivity index is 1.22. The highest BCUT2D eigenvalue weighted by Crippen LogP contribution is 2.37. The van der Waals surface area contributed by atoms with E-state index < -0.39 is 0 Å². The number of amides is 1. The molecule has 7 heteroatoms. The minimum absolute atomic E-state index is 0.105. The molecule has 3 aromatic carbocycles. The van der Waals surface area contributed by atoms with Crippen molar-refractivity contribution in [3.63, 3.8) is 0 Å². The molecule has 1 atom stereocenters. The number of pyridine rings is 1. The van der Waals surface area contributed by atoms with Crippen LogP contribution in [-0.4, -0.2) is 66.2 Å². The van der Waals surface area contributed by atoms with E-state index in [1.165, 1.54) is 18.4 Å². The van der Waals surface area contributed by atoms with Crippen LogP contribution in [0.2, 0.25) is 0 Å². The lowest BCUT2D eigenvalue weighted by Gasteiger charge is -2.29. The second kappa shape index (κ2) is 11.4. The van der Waals surface area contributed by atoms with Gasteiger partial charge in [0.2, 0.25) is 6.79 Å². The van der Waals surface area contributed by atoms with Crippen molar-refractivity contribution in [3.8, 4) is 22.6 Å². The Bertz CT molecular complexity index is 1550. The van der Waals surface area contributed by atoms with Crippen LogP contribution in [0.1, 0.15) is 41.6 Å². The number of rotatable bonds is 8. The van der Waals surface area contributed by atoms with Gasteiger partial charge in [-0.3, -0.25) is 4.79 Å². The second-order valence-corrected chi connectivity index (χ2v) is 11.3. The van der Waals surface area contributed by atoms with Crippen LogP contribution in [0.25, 0.3) is 22.0 Å². The van der Waals surface area contributed by atoms with E-state index in [1.807, 2.05) is 36.4 Å². The van der Waals surface area contributed by atoms with E-state index in [0.717, 1.165) is 91.3 Å². The summed E-state index contributed by atoms with van der Waals surface area (Å²) < 4.78 is 11.1. The number of hydrogen-bond donors (Lipinski definition) is 1. The first-order valence-electron chi connectivity index (χ1n) is 14.9. The zero-order chi connectivity index (χ0) is 27.6. The zero-order valence-electron chi connectivity index (χ0n) is 23.4. The number of anilines is 1. The third-order valence-corrected chi connectivity index (χ3v) is 8.61. The molecule has 0 bridgehead atoms. The summed E-state index contributed by atoms with van der Waals surface area (Å²) >= 11 is 0. The number of hydrogen-bond acceptors (Lipinski definition) is 6. The van der Waals surface area contributed by atoms with Crippen LogP contribution in [-0.2, 0) is 6.42 Å². The normalized spacial score (nSPS) is 18.3. The summed E-state index contributed by atoms with van der Waals surface area (Å²) in [6.07, 6.45) is 5.53. The molecule has 4 aromatic rings. The van der Waals surface area contributed by atoms with Gasteiger partial charge >= 0.3 is 0 Å². The lowest BCUT2D eigenvalue weighted by Crippen LogP contribution is -2.42. The Morgan fingerprint density at radius 3 is 2.56 bits per heavy atom. The monoisotopic (exact) mass is 548 g/mol. The molecular weight excluding hydrogens is 512 g/mol. The van der Waals surface area contributed by atoms with E-state index in [4.69, 9.17) is 14.5 Å². The van der Waals surface area contributed by atoms with Gasteiger partial charge in [0, 0.05) is 31.1 Å². The molecule has 0 saturated carbocycles. The average Bonchev–Trinajstić information content (AvgIpc) is 3.79. The van der Waals surface area contributed by atoms with Crippen LogP contribution in [0.5, 0.6) is 11.5 Å². The van der Waals surface area contributed by atoms with Gasteiger partial charge in [0.1, 0.15) is 5.82 Å². The van der Waals surface area contributed by atoms with Crippen LogP contribution in [0.4, 0.5) is 5.82 Å². The summed E-state index contributed by atoms with van der Waals surface area (Å²) in [5.41, 5.74) is 4.84. The Morgan fingerprint density at radius 1 is 0.878 bits per heavy atom. The van der Waals surface area contributed by atoms with Crippen LogP contribution in [0.15, 0.2) is 72.8 Å². The smallest absolute Gasteiger partial charge is 0.254 e. The van der Waals surface area contributed by atoms with Crippen LogP contribution < -0.4 is 14.8 Å². The first-order chi connectivity index (χ1) is 20.2. The maximum Gasteiger partial charge on any atom is 0.254 e. The molecule has 1 N–H and O–H groups in total. The average molecular weight is 549 g/mol. The van der Waals surface area contributed by atoms with Crippen LogP contribution in [0, 0.1) is 0 Å². The summed E-state index contributed by atoms with van der Waals surface area (Å²) in [7, 11) is 0. The number of nitrogens with one attached hydrogen (secondary N) is 1. The largest absolute Gasteiger partial charge is 0.454 e. The number of likely N-dealkylation sites (tertiary alicyclic amines) is 2. The molecule has 3 aliphatic rings. The molecule has 41 heavy (non-hydrogen) atoms. The van der Waals surface area contributed by atoms with Crippen molar-refractivity contribution < 1.29 is 14.3 Å². The molecule has 7 rings (SSSR count). The van der Waals surface area contributed by atoms with E-state index in [0.29, 0.717) is 5.56 Å². The molecule has 7 nitrogen and oxygen atoms in total. The highest BCUT2D eigenvalue weighted by atomic mass is 16.7. The number of ether oxygens (including phenoxy) is 2. The number of carbonyl (C=O) groups is 1. The minimum atomic E-state index is 0.105. The van der Waals surface area contributed by atoms with Crippen molar-refractivity contribution in [1.29, 1.82) is 0 Å². The fourth-order valence-corrected chi connectivity index (χ4v) is 6.44. The van der Waals surface area contributed by atoms with E-state index in [-0.39, 0.29) is 18.7 Å². The number of benzene rings is 3. The van der Waals surface area contributed by atoms with E-state index in [2.05, 4.69) is 51.5 Å². The van der Waals surface area contributed by atoms with E-state index >= 15 is 0 Å². The van der Waals surface area contributed by atoms with Gasteiger partial charge in [-0.25, -0.2) is 4.98 Å². The Morgan fingerprint density at radius 2 is 1.68 bits per heavy atom. The first kappa shape index (κ1) is 25.8. The van der Waals surface area contributed by atoms with Crippen LogP contribution >= 0.6 is 0 Å². The number of aromatic nitrogens is 1. The summed E-state index contributed by atoms with van der Waals surface area (Å²) in [4.78, 5) is 23.9. The van der Waals surface area contributed by atoms with Gasteiger partial charge in [-0.05, 0) is 92.2 Å². The standard InChI is InChI=1S/C34H36N4O3/c39-34(38-18-6-9-27(38)22-37-16-4-5-17-37)29-21-33(35-15-14-24-7-2-1-3-8-24)36-30-12-10-25(19-28(29)30)26-11-13-31-32(20-26)41-23-40-31/h1-3,7-8,10-13,19-21,27H,4-6,9,14-18,22-23H2,(H,35,36)/t27-/m0/s1. The van der Waals surface area contributed by atoms with Gasteiger partial charge in [0.15, 0.2) is 11.5 Å². The first-order valence-corrected chi connectivity index (χ1v) is 14.9. The fourth-order valence-electron chi connectivity index (χ4n) is 6.44. The predicted octanol–water partition coefficient (Wildman–Crippen LogP) is 5.99. The van der Waals surface area contributed by atoms with Gasteiger partial charge in [-0.2, -0.15) is 0 Å². The van der Waals surface area contributed by atoms with Gasteiger partial charge in [0.25, 0.3) is 5.91 Å². The summed E-state index contributed by atoms with van der Waals surface area (Å²) in [6.45, 7) is 5.05. The third-order valence-electron chi connectivity index (χ3n) is 8.61. The van der Waals surface area contributed by atoms with Gasteiger partial charge in [-0.15, -0.1) is 0 Å². The van der Waals surface area contributed by atoms with Gasteiger partial charge in [0.05, 0.1) is 11.1 Å². The Hall–Kier alpha value is -4.10. The number of carbonyl (C=O) groups excluding carboxylic acids is 1. The lowest BCUT2D eigenvalue weighted by molar-refractivity contribution is 0.0710. The predicted molar refractivity (Wildman–Crippen MR) is 162 cm³/mol. The summed E-state index contributed by atoms with van der Waals surface area (Å²) in [5.74, 6) is 2.35. The minimum Gasteiger partial charge on any atom is -0.454 e. The summed E-state index contributed by atoms with van der Waals surface area (Å²) in [6, 6.07) is 24.8. The molecule has 4 heterocycles. The molecular formula is C34H36N4O3. The summed E-state index contributed by atoms with van der Waals surface area (Å²) in [5, 5.41) is 4.38. The Kier molecular flexibility index (Phi) is 7.19. The van der Waals surface area contributed by atoms with Crippen LogP contribution in [0.3, 0.4) is 0 Å². The van der Waals surface area contributed by atoms with Crippen molar-refractivity contribution in [3.05, 3.63) is 83.9 Å². The topological polar surface area (TPSA) is 66.9 Å². The molecule has 2 saturated heterocycles. The third kappa shape index (κ3) is 5.46. The maximum absolute atomic E-state index is 14.3. The maximum atomic E-state index is 14.3. The van der Waals surface area contributed by atoms with Gasteiger partial charge in [-0.1, -0.05) is 42.5 Å². The molecule has 2 fully saturated rings. The molecule has 1 aromatic heterocycles. The highest BCUT2D eigenvalue weighted by Gasteiger charge is 2.32. The van der Waals surface area contributed by atoms with E-state index in [1.54, 1.807) is 0 Å². The molecule has 0 unspecified atom stereocenters. The molecule has 1 amide bonds. The lowest BCUT2D eigenvalue weighted by atomic mass is 9.99. The van der Waals surface area contributed by atoms with Crippen molar-refractivity contribution in [2.45, 2.75) is 38.1 Å². The molecule has 0 aliphatic carbocycles. The van der Waals surface area contributed by atoms with Crippen molar-refractivity contribution >= 4 is 22.6 Å². The molecule has 210 valence electrons. The Labute approximate surface area is 241 Å². The second-order valence-electron chi connectivity index (χ2n) is 11.3. The van der Waals surface area contributed by atoms with E-state index in [9.17, 15) is 4.79 Å².